The molecule has 1 rings (SSSR count). The Kier molecular flexibility index (Phi) is 6.42. The minimum atomic E-state index is 0.105. The Morgan fingerprint density at radius 3 is 2.68 bits per heavy atom. The minimum absolute atomic E-state index is 0.105. The van der Waals surface area contributed by atoms with Crippen LogP contribution >= 0.6 is 0 Å². The first-order valence-electron chi connectivity index (χ1n) is 6.73. The van der Waals surface area contributed by atoms with Gasteiger partial charge in [-0.2, -0.15) is 0 Å². The van der Waals surface area contributed by atoms with E-state index in [2.05, 4.69) is 27.1 Å². The van der Waals surface area contributed by atoms with Crippen molar-refractivity contribution in [2.75, 3.05) is 13.6 Å². The molecule has 0 fully saturated rings. The fourth-order valence-electron chi connectivity index (χ4n) is 1.79. The lowest BCUT2D eigenvalue weighted by Crippen LogP contribution is -2.36. The Morgan fingerprint density at radius 2 is 2.11 bits per heavy atom. The topological polar surface area (TPSA) is 58.1 Å². The van der Waals surface area contributed by atoms with E-state index in [1.807, 2.05) is 20.9 Å². The van der Waals surface area contributed by atoms with Crippen LogP contribution in [-0.2, 0) is 11.2 Å². The molecule has 1 aromatic heterocycles. The largest absolute Gasteiger partial charge is 0.354 e. The van der Waals surface area contributed by atoms with Gasteiger partial charge in [-0.15, -0.1) is 0 Å². The molecule has 1 N–H and O–H groups in total. The van der Waals surface area contributed by atoms with Crippen LogP contribution in [0.15, 0.2) is 18.6 Å². The van der Waals surface area contributed by atoms with Gasteiger partial charge >= 0.3 is 0 Å². The molecule has 1 heterocycles. The highest BCUT2D eigenvalue weighted by molar-refractivity contribution is 5.76. The summed E-state index contributed by atoms with van der Waals surface area (Å²) in [6.07, 6.45) is 6.54. The second-order valence-corrected chi connectivity index (χ2v) is 5.20. The Balaban J connectivity index is 2.33. The van der Waals surface area contributed by atoms with Crippen LogP contribution in [0.1, 0.15) is 32.9 Å². The molecule has 0 bridgehead atoms. The van der Waals surface area contributed by atoms with Gasteiger partial charge in [0.15, 0.2) is 0 Å². The van der Waals surface area contributed by atoms with E-state index in [4.69, 9.17) is 0 Å². The first kappa shape index (κ1) is 15.6. The van der Waals surface area contributed by atoms with Gasteiger partial charge in [0.25, 0.3) is 0 Å². The van der Waals surface area contributed by atoms with E-state index in [1.165, 1.54) is 0 Å². The van der Waals surface area contributed by atoms with E-state index in [0.29, 0.717) is 12.5 Å². The normalized spacial score (nSPS) is 12.7. The molecule has 19 heavy (non-hydrogen) atoms. The summed E-state index contributed by atoms with van der Waals surface area (Å²) >= 11 is 0. The first-order chi connectivity index (χ1) is 8.99. The Labute approximate surface area is 115 Å². The molecule has 1 atom stereocenters. The monoisotopic (exact) mass is 264 g/mol. The van der Waals surface area contributed by atoms with Crippen molar-refractivity contribution in [3.8, 4) is 0 Å². The van der Waals surface area contributed by atoms with E-state index in [-0.39, 0.29) is 11.9 Å². The quantitative estimate of drug-likeness (QED) is 0.805. The Morgan fingerprint density at radius 1 is 1.37 bits per heavy atom. The molecular weight excluding hydrogens is 240 g/mol. The highest BCUT2D eigenvalue weighted by Gasteiger charge is 2.12. The van der Waals surface area contributed by atoms with Crippen molar-refractivity contribution in [3.05, 3.63) is 24.3 Å². The Bertz CT molecular complexity index is 380. The van der Waals surface area contributed by atoms with Gasteiger partial charge in [0.2, 0.25) is 5.91 Å². The van der Waals surface area contributed by atoms with Crippen molar-refractivity contribution in [1.82, 2.24) is 20.2 Å². The zero-order valence-electron chi connectivity index (χ0n) is 12.3. The van der Waals surface area contributed by atoms with Crippen LogP contribution < -0.4 is 5.32 Å². The number of carbonyl (C=O) groups is 1. The molecule has 0 aliphatic heterocycles. The number of hydrogen-bond acceptors (Lipinski definition) is 4. The molecule has 0 radical (unpaired) electrons. The van der Waals surface area contributed by atoms with E-state index >= 15 is 0 Å². The van der Waals surface area contributed by atoms with Crippen LogP contribution in [0.2, 0.25) is 0 Å². The van der Waals surface area contributed by atoms with Gasteiger partial charge in [-0.05, 0) is 27.8 Å². The summed E-state index contributed by atoms with van der Waals surface area (Å²) in [5.74, 6) is 0.105. The predicted octanol–water partition coefficient (Wildman–Crippen LogP) is 1.25. The lowest BCUT2D eigenvalue weighted by atomic mass is 10.1. The maximum atomic E-state index is 11.6. The molecule has 0 saturated heterocycles. The van der Waals surface area contributed by atoms with Crippen LogP contribution in [0.25, 0.3) is 0 Å². The van der Waals surface area contributed by atoms with Crippen LogP contribution in [0.4, 0.5) is 0 Å². The number of aromatic nitrogens is 2. The first-order valence-corrected chi connectivity index (χ1v) is 6.73. The summed E-state index contributed by atoms with van der Waals surface area (Å²) in [7, 11) is 2.03. The molecule has 1 unspecified atom stereocenters. The SMILES string of the molecule is CC(C)NC(=O)CCN(C)C(C)Cc1cnccn1. The molecule has 5 nitrogen and oxygen atoms in total. The van der Waals surface area contributed by atoms with Crippen molar-refractivity contribution in [2.45, 2.75) is 45.7 Å². The van der Waals surface area contributed by atoms with Crippen LogP contribution in [0.5, 0.6) is 0 Å². The molecule has 1 amide bonds. The van der Waals surface area contributed by atoms with Crippen LogP contribution in [-0.4, -0.2) is 46.5 Å². The van der Waals surface area contributed by atoms with Crippen molar-refractivity contribution in [3.63, 3.8) is 0 Å². The summed E-state index contributed by atoms with van der Waals surface area (Å²) in [4.78, 5) is 22.1. The number of nitrogens with one attached hydrogen (secondary N) is 1. The van der Waals surface area contributed by atoms with E-state index in [9.17, 15) is 4.79 Å². The fraction of sp³-hybridized carbons (Fsp3) is 0.643. The van der Waals surface area contributed by atoms with E-state index in [1.54, 1.807) is 18.6 Å². The third-order valence-corrected chi connectivity index (χ3v) is 3.01. The second kappa shape index (κ2) is 7.84. The van der Waals surface area contributed by atoms with Crippen molar-refractivity contribution >= 4 is 5.91 Å². The standard InChI is InChI=1S/C14H24N4O/c1-11(2)17-14(19)5-8-18(4)12(3)9-13-10-15-6-7-16-13/h6-7,10-12H,5,8-9H2,1-4H3,(H,17,19). The number of rotatable bonds is 7. The third kappa shape index (κ3) is 6.29. The summed E-state index contributed by atoms with van der Waals surface area (Å²) in [6, 6.07) is 0.540. The van der Waals surface area contributed by atoms with Crippen molar-refractivity contribution < 1.29 is 4.79 Å². The highest BCUT2D eigenvalue weighted by atomic mass is 16.1. The summed E-state index contributed by atoms with van der Waals surface area (Å²) in [5, 5.41) is 2.90. The van der Waals surface area contributed by atoms with E-state index in [0.717, 1.165) is 18.7 Å². The predicted molar refractivity (Wildman–Crippen MR) is 75.7 cm³/mol. The lowest BCUT2D eigenvalue weighted by molar-refractivity contribution is -0.121. The molecule has 0 spiro atoms. The number of likely N-dealkylation sites (N-methyl/N-ethyl adjacent to an activating group) is 1. The van der Waals surface area contributed by atoms with Crippen molar-refractivity contribution in [1.29, 1.82) is 0 Å². The lowest BCUT2D eigenvalue weighted by Gasteiger charge is -2.24. The summed E-state index contributed by atoms with van der Waals surface area (Å²) in [6.45, 7) is 6.83. The van der Waals surface area contributed by atoms with Gasteiger partial charge in [-0.3, -0.25) is 14.8 Å². The molecule has 0 aromatic carbocycles. The van der Waals surface area contributed by atoms with Gasteiger partial charge in [-0.1, -0.05) is 0 Å². The number of amides is 1. The molecule has 0 aliphatic carbocycles. The third-order valence-electron chi connectivity index (χ3n) is 3.01. The highest BCUT2D eigenvalue weighted by Crippen LogP contribution is 2.04. The van der Waals surface area contributed by atoms with Gasteiger partial charge in [-0.25, -0.2) is 0 Å². The minimum Gasteiger partial charge on any atom is -0.354 e. The summed E-state index contributed by atoms with van der Waals surface area (Å²) < 4.78 is 0. The van der Waals surface area contributed by atoms with Crippen LogP contribution in [0, 0.1) is 0 Å². The summed E-state index contributed by atoms with van der Waals surface area (Å²) in [5.41, 5.74) is 0.980. The molecular formula is C14H24N4O. The fourth-order valence-corrected chi connectivity index (χ4v) is 1.79. The maximum absolute atomic E-state index is 11.6. The average Bonchev–Trinajstić information content (AvgIpc) is 2.36. The smallest absolute Gasteiger partial charge is 0.221 e. The van der Waals surface area contributed by atoms with Crippen LogP contribution in [0.3, 0.4) is 0 Å². The van der Waals surface area contributed by atoms with Gasteiger partial charge in [0.1, 0.15) is 0 Å². The molecule has 0 saturated carbocycles. The zero-order valence-corrected chi connectivity index (χ0v) is 12.3. The molecule has 1 aromatic rings. The van der Waals surface area contributed by atoms with Gasteiger partial charge in [0.05, 0.1) is 5.69 Å². The average molecular weight is 264 g/mol. The Hall–Kier alpha value is -1.49. The number of hydrogen-bond donors (Lipinski definition) is 1. The van der Waals surface area contributed by atoms with Gasteiger partial charge in [0, 0.05) is 50.1 Å². The van der Waals surface area contributed by atoms with Crippen molar-refractivity contribution in [2.24, 2.45) is 0 Å². The molecule has 0 aliphatic rings. The number of nitrogens with zero attached hydrogens (tertiary/aromatic N) is 3. The molecule has 106 valence electrons. The zero-order chi connectivity index (χ0) is 14.3. The molecule has 5 heteroatoms. The second-order valence-electron chi connectivity index (χ2n) is 5.20. The van der Waals surface area contributed by atoms with Gasteiger partial charge < -0.3 is 10.2 Å². The maximum Gasteiger partial charge on any atom is 0.221 e. The number of carbonyl (C=O) groups excluding carboxylic acids is 1. The van der Waals surface area contributed by atoms with E-state index < -0.39 is 0 Å².